The minimum absolute atomic E-state index is 0. The van der Waals surface area contributed by atoms with Crippen LogP contribution in [0.5, 0.6) is 0 Å². The number of primary amides is 1. The average Bonchev–Trinajstić information content (AvgIpc) is 2.54. The fraction of sp³-hybridized carbons (Fsp3) is 0.500. The van der Waals surface area contributed by atoms with Gasteiger partial charge in [0.1, 0.15) is 0 Å². The number of hydrogen-bond acceptors (Lipinski definition) is 5. The first-order chi connectivity index (χ1) is 11.1. The number of nitrogens with two attached hydrogens (primary N) is 1. The highest BCUT2D eigenvalue weighted by atomic mass is 35.5. The van der Waals surface area contributed by atoms with Crippen LogP contribution < -0.4 is 16.4 Å². The van der Waals surface area contributed by atoms with Crippen molar-refractivity contribution in [2.45, 2.75) is 23.8 Å². The average molecular weight is 373 g/mol. The van der Waals surface area contributed by atoms with Crippen molar-refractivity contribution in [1.29, 1.82) is 0 Å². The van der Waals surface area contributed by atoms with Gasteiger partial charge in [0.25, 0.3) is 0 Å². The van der Waals surface area contributed by atoms with E-state index in [1.54, 1.807) is 0 Å². The molecule has 0 aliphatic carbocycles. The van der Waals surface area contributed by atoms with Gasteiger partial charge in [0.05, 0.1) is 18.0 Å². The maximum atomic E-state index is 12.3. The van der Waals surface area contributed by atoms with Crippen LogP contribution in [-0.4, -0.2) is 55.2 Å². The highest BCUT2D eigenvalue weighted by Crippen LogP contribution is 2.26. The van der Waals surface area contributed by atoms with E-state index in [9.17, 15) is 9.59 Å². The molecule has 134 valence electrons. The van der Waals surface area contributed by atoms with Crippen LogP contribution in [0.25, 0.3) is 0 Å². The first-order valence-corrected chi connectivity index (χ1v) is 8.76. The lowest BCUT2D eigenvalue weighted by Crippen LogP contribution is -2.46. The number of likely N-dealkylation sites (N-methyl/N-ethyl adjacent to an activating group) is 1. The Kier molecular flexibility index (Phi) is 9.13. The Labute approximate surface area is 153 Å². The van der Waals surface area contributed by atoms with E-state index in [1.807, 2.05) is 31.3 Å². The van der Waals surface area contributed by atoms with Gasteiger partial charge in [-0.2, -0.15) is 0 Å². The van der Waals surface area contributed by atoms with Gasteiger partial charge >= 0.3 is 0 Å². The zero-order chi connectivity index (χ0) is 16.7. The van der Waals surface area contributed by atoms with Gasteiger partial charge in [0.15, 0.2) is 0 Å². The number of para-hydroxylation sites is 1. The predicted molar refractivity (Wildman–Crippen MR) is 101 cm³/mol. The molecule has 4 N–H and O–H groups in total. The summed E-state index contributed by atoms with van der Waals surface area (Å²) in [5, 5.41) is 6.21. The summed E-state index contributed by atoms with van der Waals surface area (Å²) >= 11 is 1.33. The predicted octanol–water partition coefficient (Wildman–Crippen LogP) is 1.31. The number of amides is 2. The first kappa shape index (κ1) is 20.8. The molecule has 1 aliphatic heterocycles. The second kappa shape index (κ2) is 10.6. The van der Waals surface area contributed by atoms with Crippen LogP contribution in [0.4, 0.5) is 5.69 Å². The summed E-state index contributed by atoms with van der Waals surface area (Å²) in [6, 6.07) is 7.91. The number of carbonyl (C=O) groups excluding carboxylic acids is 2. The summed E-state index contributed by atoms with van der Waals surface area (Å²) in [5.74, 6) is -0.209. The van der Waals surface area contributed by atoms with Gasteiger partial charge in [-0.3, -0.25) is 14.5 Å². The Hall–Kier alpha value is -1.28. The molecular formula is C16H25ClN4O2S. The van der Waals surface area contributed by atoms with Crippen molar-refractivity contribution in [3.63, 3.8) is 0 Å². The van der Waals surface area contributed by atoms with E-state index < -0.39 is 0 Å². The largest absolute Gasteiger partial charge is 0.369 e. The number of likely N-dealkylation sites (tertiary alicyclic amines) is 1. The van der Waals surface area contributed by atoms with Crippen LogP contribution in [0, 0.1) is 0 Å². The van der Waals surface area contributed by atoms with Crippen LogP contribution in [0.2, 0.25) is 0 Å². The quantitative estimate of drug-likeness (QED) is 0.628. The molecule has 1 aromatic rings. The lowest BCUT2D eigenvalue weighted by molar-refractivity contribution is -0.117. The van der Waals surface area contributed by atoms with Gasteiger partial charge in [-0.25, -0.2) is 0 Å². The first-order valence-electron chi connectivity index (χ1n) is 7.78. The molecule has 24 heavy (non-hydrogen) atoms. The zero-order valence-corrected chi connectivity index (χ0v) is 15.4. The fourth-order valence-corrected chi connectivity index (χ4v) is 3.42. The molecule has 0 spiro atoms. The summed E-state index contributed by atoms with van der Waals surface area (Å²) in [5.41, 5.74) is 5.91. The van der Waals surface area contributed by atoms with Crippen molar-refractivity contribution in [2.24, 2.45) is 5.73 Å². The van der Waals surface area contributed by atoms with Crippen LogP contribution in [0.15, 0.2) is 29.2 Å². The smallest absolute Gasteiger partial charge is 0.238 e. The summed E-state index contributed by atoms with van der Waals surface area (Å²) in [7, 11) is 1.96. The monoisotopic (exact) mass is 372 g/mol. The molecule has 1 heterocycles. The third-order valence-electron chi connectivity index (χ3n) is 3.81. The normalized spacial score (nSPS) is 17.8. The molecule has 2 amide bonds. The van der Waals surface area contributed by atoms with Gasteiger partial charge in [-0.1, -0.05) is 12.1 Å². The van der Waals surface area contributed by atoms with Gasteiger partial charge in [-0.15, -0.1) is 24.2 Å². The highest BCUT2D eigenvalue weighted by molar-refractivity contribution is 8.00. The number of carbonyl (C=O) groups is 2. The molecule has 1 aromatic carbocycles. The van der Waals surface area contributed by atoms with Gasteiger partial charge in [0.2, 0.25) is 11.8 Å². The van der Waals surface area contributed by atoms with Crippen molar-refractivity contribution < 1.29 is 9.59 Å². The Balaban J connectivity index is 0.00000288. The second-order valence-corrected chi connectivity index (χ2v) is 6.68. The van der Waals surface area contributed by atoms with Crippen molar-refractivity contribution in [3.05, 3.63) is 24.3 Å². The minimum Gasteiger partial charge on any atom is -0.369 e. The number of nitrogens with zero attached hydrogens (tertiary/aromatic N) is 1. The third-order valence-corrected chi connectivity index (χ3v) is 4.91. The van der Waals surface area contributed by atoms with E-state index in [2.05, 4.69) is 15.5 Å². The van der Waals surface area contributed by atoms with Crippen LogP contribution in [-0.2, 0) is 9.59 Å². The molecular weight excluding hydrogens is 348 g/mol. The molecule has 0 aromatic heterocycles. The van der Waals surface area contributed by atoms with E-state index in [-0.39, 0.29) is 30.0 Å². The Morgan fingerprint density at radius 1 is 1.38 bits per heavy atom. The standard InChI is InChI=1S/C16H24N4O2S.ClH/c1-18-12-5-4-8-20(9-12)10-16(22)19-13-6-2-3-7-14(13)23-11-15(17)21;/h2-3,6-7,12,18H,4-5,8-11H2,1H3,(H2,17,21)(H,19,22);1H. The molecule has 1 aliphatic rings. The Morgan fingerprint density at radius 3 is 2.83 bits per heavy atom. The lowest BCUT2D eigenvalue weighted by Gasteiger charge is -2.31. The van der Waals surface area contributed by atoms with Crippen molar-refractivity contribution >= 4 is 41.7 Å². The topological polar surface area (TPSA) is 87.5 Å². The third kappa shape index (κ3) is 6.68. The van der Waals surface area contributed by atoms with Crippen molar-refractivity contribution in [2.75, 3.05) is 37.8 Å². The maximum absolute atomic E-state index is 12.3. The van der Waals surface area contributed by atoms with E-state index in [4.69, 9.17) is 5.73 Å². The summed E-state index contributed by atoms with van der Waals surface area (Å²) < 4.78 is 0. The minimum atomic E-state index is -0.373. The Bertz CT molecular complexity index is 559. The maximum Gasteiger partial charge on any atom is 0.238 e. The number of piperidine rings is 1. The molecule has 8 heteroatoms. The second-order valence-electron chi connectivity index (χ2n) is 5.66. The molecule has 1 fully saturated rings. The van der Waals surface area contributed by atoms with Crippen molar-refractivity contribution in [1.82, 2.24) is 10.2 Å². The molecule has 1 saturated heterocycles. The lowest BCUT2D eigenvalue weighted by atomic mass is 10.1. The highest BCUT2D eigenvalue weighted by Gasteiger charge is 2.20. The summed E-state index contributed by atoms with van der Waals surface area (Å²) in [6.45, 7) is 2.22. The number of halogens is 1. The number of anilines is 1. The number of rotatable bonds is 7. The number of hydrogen-bond donors (Lipinski definition) is 3. The molecule has 0 saturated carbocycles. The number of benzene rings is 1. The SMILES string of the molecule is CNC1CCCN(CC(=O)Nc2ccccc2SCC(N)=O)C1.Cl. The molecule has 6 nitrogen and oxygen atoms in total. The summed E-state index contributed by atoms with van der Waals surface area (Å²) in [4.78, 5) is 26.2. The van der Waals surface area contributed by atoms with Gasteiger partial charge < -0.3 is 16.4 Å². The van der Waals surface area contributed by atoms with Gasteiger partial charge in [-0.05, 0) is 38.6 Å². The fourth-order valence-electron chi connectivity index (χ4n) is 2.67. The van der Waals surface area contributed by atoms with Crippen LogP contribution in [0.3, 0.4) is 0 Å². The van der Waals surface area contributed by atoms with E-state index in [0.717, 1.165) is 36.5 Å². The van der Waals surface area contributed by atoms with Crippen molar-refractivity contribution in [3.8, 4) is 0 Å². The molecule has 0 bridgehead atoms. The zero-order valence-electron chi connectivity index (χ0n) is 13.8. The van der Waals surface area contributed by atoms with Crippen LogP contribution in [0.1, 0.15) is 12.8 Å². The molecule has 0 radical (unpaired) electrons. The van der Waals surface area contributed by atoms with Crippen LogP contribution >= 0.6 is 24.2 Å². The van der Waals surface area contributed by atoms with E-state index >= 15 is 0 Å². The number of thioether (sulfide) groups is 1. The van der Waals surface area contributed by atoms with E-state index in [0.29, 0.717) is 12.6 Å². The molecule has 1 unspecified atom stereocenters. The molecule has 1 atom stereocenters. The van der Waals surface area contributed by atoms with Gasteiger partial charge in [0, 0.05) is 17.5 Å². The number of nitrogens with one attached hydrogen (secondary N) is 2. The van der Waals surface area contributed by atoms with E-state index in [1.165, 1.54) is 11.8 Å². The summed E-state index contributed by atoms with van der Waals surface area (Å²) in [6.07, 6.45) is 2.26. The molecule has 2 rings (SSSR count). The Morgan fingerprint density at radius 2 is 2.12 bits per heavy atom.